The third-order valence-electron chi connectivity index (χ3n) is 4.37. The largest absolute Gasteiger partial charge is 0.253 e. The maximum atomic E-state index is 11.8. The molecule has 0 N–H and O–H groups in total. The third kappa shape index (κ3) is 3.46. The number of hydrogen-bond acceptors (Lipinski definition) is 5. The van der Waals surface area contributed by atoms with Gasteiger partial charge in [0.2, 0.25) is 0 Å². The molecule has 1 aliphatic rings. The number of aromatic nitrogens is 4. The van der Waals surface area contributed by atoms with Gasteiger partial charge < -0.3 is 0 Å². The number of para-hydroxylation sites is 1. The van der Waals surface area contributed by atoms with E-state index in [-0.39, 0.29) is 17.4 Å². The summed E-state index contributed by atoms with van der Waals surface area (Å²) < 4.78 is 25.3. The fourth-order valence-corrected chi connectivity index (χ4v) is 5.01. The molecule has 0 bridgehead atoms. The molecular weight excluding hydrogens is 336 g/mol. The Morgan fingerprint density at radius 1 is 1.08 bits per heavy atom. The van der Waals surface area contributed by atoms with Crippen LogP contribution in [0.5, 0.6) is 0 Å². The van der Waals surface area contributed by atoms with Gasteiger partial charge in [0.1, 0.15) is 11.5 Å². The summed E-state index contributed by atoms with van der Waals surface area (Å²) in [6.45, 7) is 0. The molecule has 3 aromatic rings. The van der Waals surface area contributed by atoms with Crippen molar-refractivity contribution in [3.05, 3.63) is 60.6 Å². The first kappa shape index (κ1) is 16.0. The minimum absolute atomic E-state index is 0.0910. The molecule has 1 aliphatic heterocycles. The lowest BCUT2D eigenvalue weighted by atomic mass is 10.1. The van der Waals surface area contributed by atoms with Gasteiger partial charge in [0, 0.05) is 12.6 Å². The Hall–Kier alpha value is -2.54. The maximum absolute atomic E-state index is 11.8. The van der Waals surface area contributed by atoms with Gasteiger partial charge in [-0.3, -0.25) is 4.98 Å². The van der Waals surface area contributed by atoms with Gasteiger partial charge in [-0.05, 0) is 36.6 Å². The van der Waals surface area contributed by atoms with Crippen LogP contribution in [0.15, 0.2) is 54.7 Å². The van der Waals surface area contributed by atoms with E-state index in [2.05, 4.69) is 15.1 Å². The number of benzene rings is 1. The van der Waals surface area contributed by atoms with Crippen LogP contribution in [0, 0.1) is 5.92 Å². The van der Waals surface area contributed by atoms with Gasteiger partial charge in [0.05, 0.1) is 17.2 Å². The molecular formula is C18H18N4O2S. The van der Waals surface area contributed by atoms with Gasteiger partial charge in [-0.15, -0.1) is 5.10 Å². The van der Waals surface area contributed by atoms with Crippen LogP contribution in [-0.2, 0) is 16.3 Å². The zero-order chi connectivity index (χ0) is 17.3. The lowest BCUT2D eigenvalue weighted by Gasteiger charge is -2.09. The van der Waals surface area contributed by atoms with Crippen molar-refractivity contribution in [2.24, 2.45) is 5.92 Å². The van der Waals surface area contributed by atoms with E-state index in [0.29, 0.717) is 24.4 Å². The Labute approximate surface area is 146 Å². The second-order valence-electron chi connectivity index (χ2n) is 6.29. The molecule has 0 amide bonds. The quantitative estimate of drug-likeness (QED) is 0.718. The highest BCUT2D eigenvalue weighted by atomic mass is 32.2. The molecule has 128 valence electrons. The van der Waals surface area contributed by atoms with E-state index in [9.17, 15) is 8.42 Å². The van der Waals surface area contributed by atoms with E-state index < -0.39 is 9.84 Å². The lowest BCUT2D eigenvalue weighted by molar-refractivity contribution is 0.559. The number of rotatable bonds is 4. The lowest BCUT2D eigenvalue weighted by Crippen LogP contribution is -2.12. The molecule has 0 aliphatic carbocycles. The summed E-state index contributed by atoms with van der Waals surface area (Å²) in [5, 5.41) is 4.62. The fourth-order valence-electron chi connectivity index (χ4n) is 3.15. The first-order valence-corrected chi connectivity index (χ1v) is 10.1. The van der Waals surface area contributed by atoms with E-state index >= 15 is 0 Å². The molecule has 0 saturated carbocycles. The molecule has 6 nitrogen and oxygen atoms in total. The number of sulfone groups is 1. The van der Waals surface area contributed by atoms with Crippen LogP contribution >= 0.6 is 0 Å². The van der Waals surface area contributed by atoms with Gasteiger partial charge in [-0.2, -0.15) is 0 Å². The molecule has 0 radical (unpaired) electrons. The van der Waals surface area contributed by atoms with E-state index in [0.717, 1.165) is 11.5 Å². The van der Waals surface area contributed by atoms with Crippen molar-refractivity contribution in [3.8, 4) is 17.2 Å². The van der Waals surface area contributed by atoms with Crippen LogP contribution in [0.25, 0.3) is 17.2 Å². The van der Waals surface area contributed by atoms with Crippen molar-refractivity contribution >= 4 is 9.84 Å². The highest BCUT2D eigenvalue weighted by Gasteiger charge is 2.29. The van der Waals surface area contributed by atoms with E-state index in [1.165, 1.54) is 0 Å². The van der Waals surface area contributed by atoms with Crippen molar-refractivity contribution in [3.63, 3.8) is 0 Å². The summed E-state index contributed by atoms with van der Waals surface area (Å²) in [5.74, 6) is 1.92. The summed E-state index contributed by atoms with van der Waals surface area (Å²) in [7, 11) is -2.91. The molecule has 1 fully saturated rings. The monoisotopic (exact) mass is 354 g/mol. The topological polar surface area (TPSA) is 77.7 Å². The molecule has 7 heteroatoms. The van der Waals surface area contributed by atoms with Gasteiger partial charge in [-0.1, -0.05) is 24.3 Å². The Balaban J connectivity index is 1.72. The van der Waals surface area contributed by atoms with Crippen molar-refractivity contribution in [2.75, 3.05) is 11.5 Å². The predicted octanol–water partition coefficient (Wildman–Crippen LogP) is 2.31. The van der Waals surface area contributed by atoms with Crippen molar-refractivity contribution in [2.45, 2.75) is 12.8 Å². The van der Waals surface area contributed by atoms with Crippen LogP contribution in [0.1, 0.15) is 12.2 Å². The van der Waals surface area contributed by atoms with Crippen molar-refractivity contribution < 1.29 is 8.42 Å². The first-order valence-electron chi connectivity index (χ1n) is 8.24. The van der Waals surface area contributed by atoms with E-state index in [1.807, 2.05) is 48.5 Å². The zero-order valence-corrected chi connectivity index (χ0v) is 14.4. The summed E-state index contributed by atoms with van der Waals surface area (Å²) in [5.41, 5.74) is 1.62. The molecule has 0 spiro atoms. The Kier molecular flexibility index (Phi) is 4.09. The van der Waals surface area contributed by atoms with Crippen LogP contribution in [0.2, 0.25) is 0 Å². The first-order chi connectivity index (χ1) is 12.1. The van der Waals surface area contributed by atoms with E-state index in [4.69, 9.17) is 0 Å². The molecule has 4 rings (SSSR count). The Morgan fingerprint density at radius 3 is 2.56 bits per heavy atom. The smallest absolute Gasteiger partial charge is 0.200 e. The normalized spacial score (nSPS) is 19.1. The van der Waals surface area contributed by atoms with E-state index in [1.54, 1.807) is 10.9 Å². The van der Waals surface area contributed by atoms with Crippen LogP contribution in [-0.4, -0.2) is 39.7 Å². The SMILES string of the molecule is O=S1(=O)CC[C@H](Cc2nc(-c3ccccn3)nn2-c2ccccc2)C1. The summed E-state index contributed by atoms with van der Waals surface area (Å²) in [4.78, 5) is 8.98. The number of hydrogen-bond donors (Lipinski definition) is 0. The van der Waals surface area contributed by atoms with Crippen molar-refractivity contribution in [1.82, 2.24) is 19.7 Å². The molecule has 1 aromatic carbocycles. The van der Waals surface area contributed by atoms with Gasteiger partial charge in [0.15, 0.2) is 15.7 Å². The molecule has 1 saturated heterocycles. The second kappa shape index (κ2) is 6.40. The third-order valence-corrected chi connectivity index (χ3v) is 6.20. The Bertz CT molecular complexity index is 969. The van der Waals surface area contributed by atoms with Gasteiger partial charge in [-0.25, -0.2) is 18.1 Å². The minimum atomic E-state index is -2.91. The van der Waals surface area contributed by atoms with Crippen LogP contribution in [0.4, 0.5) is 0 Å². The molecule has 1 atom stereocenters. The standard InChI is InChI=1S/C18H18N4O2S/c23-25(24)11-9-14(13-25)12-17-20-18(16-8-4-5-10-19-16)21-22(17)15-6-2-1-3-7-15/h1-8,10,14H,9,11-13H2/t14-/m1/s1. The minimum Gasteiger partial charge on any atom is -0.253 e. The fraction of sp³-hybridized carbons (Fsp3) is 0.278. The van der Waals surface area contributed by atoms with Crippen LogP contribution < -0.4 is 0 Å². The Morgan fingerprint density at radius 2 is 1.88 bits per heavy atom. The summed E-state index contributed by atoms with van der Waals surface area (Å²) in [6, 6.07) is 15.4. The average molecular weight is 354 g/mol. The predicted molar refractivity (Wildman–Crippen MR) is 95.1 cm³/mol. The molecule has 0 unspecified atom stereocenters. The molecule has 25 heavy (non-hydrogen) atoms. The van der Waals surface area contributed by atoms with Gasteiger partial charge in [0.25, 0.3) is 0 Å². The molecule has 2 aromatic heterocycles. The van der Waals surface area contributed by atoms with Gasteiger partial charge >= 0.3 is 0 Å². The highest BCUT2D eigenvalue weighted by Crippen LogP contribution is 2.24. The maximum Gasteiger partial charge on any atom is 0.200 e. The second-order valence-corrected chi connectivity index (χ2v) is 8.52. The number of pyridine rings is 1. The highest BCUT2D eigenvalue weighted by molar-refractivity contribution is 7.91. The van der Waals surface area contributed by atoms with Crippen molar-refractivity contribution in [1.29, 1.82) is 0 Å². The summed E-state index contributed by atoms with van der Waals surface area (Å²) in [6.07, 6.45) is 2.98. The zero-order valence-electron chi connectivity index (χ0n) is 13.6. The number of nitrogens with zero attached hydrogens (tertiary/aromatic N) is 4. The average Bonchev–Trinajstić information content (AvgIpc) is 3.20. The summed E-state index contributed by atoms with van der Waals surface area (Å²) >= 11 is 0. The molecule has 3 heterocycles. The van der Waals surface area contributed by atoms with Crippen LogP contribution in [0.3, 0.4) is 0 Å².